The van der Waals surface area contributed by atoms with Gasteiger partial charge in [-0.25, -0.2) is 9.97 Å². The molecule has 0 spiro atoms. The first-order valence-electron chi connectivity index (χ1n) is 6.74. The number of aryl methyl sites for hydroxylation is 2. The summed E-state index contributed by atoms with van der Waals surface area (Å²) in [5, 5.41) is 4.42. The van der Waals surface area contributed by atoms with Crippen LogP contribution in [0.2, 0.25) is 5.15 Å². The van der Waals surface area contributed by atoms with Gasteiger partial charge in [-0.2, -0.15) is 0 Å². The molecular formula is C14H15BrClN3O. The quantitative estimate of drug-likeness (QED) is 0.724. The highest BCUT2D eigenvalue weighted by Gasteiger charge is 2.25. The van der Waals surface area contributed by atoms with Crippen LogP contribution in [0.3, 0.4) is 0 Å². The molecule has 1 fully saturated rings. The predicted octanol–water partition coefficient (Wildman–Crippen LogP) is 4.82. The maximum absolute atomic E-state index is 6.27. The zero-order valence-electron chi connectivity index (χ0n) is 11.4. The normalized spacial score (nSPS) is 16.0. The van der Waals surface area contributed by atoms with Crippen molar-refractivity contribution in [1.82, 2.24) is 15.1 Å². The first kappa shape index (κ1) is 14.0. The van der Waals surface area contributed by atoms with Crippen LogP contribution in [0.4, 0.5) is 0 Å². The van der Waals surface area contributed by atoms with E-state index in [2.05, 4.69) is 26.1 Å². The van der Waals surface area contributed by atoms with Crippen LogP contribution in [0, 0.1) is 13.8 Å². The Morgan fingerprint density at radius 3 is 2.50 bits per heavy atom. The molecular weight excluding hydrogens is 342 g/mol. The van der Waals surface area contributed by atoms with Gasteiger partial charge >= 0.3 is 0 Å². The van der Waals surface area contributed by atoms with Gasteiger partial charge in [-0.05, 0) is 42.6 Å². The van der Waals surface area contributed by atoms with Crippen LogP contribution in [0.15, 0.2) is 9.00 Å². The molecule has 20 heavy (non-hydrogen) atoms. The highest BCUT2D eigenvalue weighted by atomic mass is 79.9. The zero-order chi connectivity index (χ0) is 14.3. The number of hydrogen-bond donors (Lipinski definition) is 0. The summed E-state index contributed by atoms with van der Waals surface area (Å²) in [6, 6.07) is 0. The molecule has 3 rings (SSSR count). The van der Waals surface area contributed by atoms with Crippen LogP contribution in [0.25, 0.3) is 11.4 Å². The second kappa shape index (κ2) is 5.45. The van der Waals surface area contributed by atoms with E-state index in [4.69, 9.17) is 21.1 Å². The van der Waals surface area contributed by atoms with Gasteiger partial charge in [-0.15, -0.1) is 0 Å². The van der Waals surface area contributed by atoms with Crippen molar-refractivity contribution in [3.05, 3.63) is 26.8 Å². The van der Waals surface area contributed by atoms with Crippen LogP contribution < -0.4 is 0 Å². The van der Waals surface area contributed by atoms with Gasteiger partial charge in [0.2, 0.25) is 0 Å². The lowest BCUT2D eigenvalue weighted by Crippen LogP contribution is -2.03. The minimum Gasteiger partial charge on any atom is -0.361 e. The summed E-state index contributed by atoms with van der Waals surface area (Å²) >= 11 is 9.80. The number of hydrogen-bond acceptors (Lipinski definition) is 4. The first-order valence-corrected chi connectivity index (χ1v) is 7.91. The molecule has 0 amide bonds. The molecule has 0 aliphatic heterocycles. The third-order valence-corrected chi connectivity index (χ3v) is 5.12. The smallest absolute Gasteiger partial charge is 0.166 e. The standard InChI is InChI=1S/C14H15BrClN3O/c1-7-10(8(2)20-19-7)14-17-12(9-5-3-4-6-9)11(15)13(16)18-14/h9H,3-6H2,1-2H3. The topological polar surface area (TPSA) is 51.8 Å². The van der Waals surface area contributed by atoms with E-state index in [9.17, 15) is 0 Å². The van der Waals surface area contributed by atoms with E-state index >= 15 is 0 Å². The van der Waals surface area contributed by atoms with Gasteiger partial charge in [0, 0.05) is 5.92 Å². The molecule has 0 atom stereocenters. The van der Waals surface area contributed by atoms with Crippen LogP contribution in [-0.2, 0) is 0 Å². The lowest BCUT2D eigenvalue weighted by atomic mass is 10.0. The van der Waals surface area contributed by atoms with E-state index in [0.29, 0.717) is 16.9 Å². The van der Waals surface area contributed by atoms with Crippen LogP contribution in [-0.4, -0.2) is 15.1 Å². The average Bonchev–Trinajstić information content (AvgIpc) is 3.04. The Balaban J connectivity index is 2.13. The molecule has 1 saturated carbocycles. The number of halogens is 2. The maximum atomic E-state index is 6.27. The van der Waals surface area contributed by atoms with E-state index < -0.39 is 0 Å². The van der Waals surface area contributed by atoms with Crippen molar-refractivity contribution in [2.24, 2.45) is 0 Å². The van der Waals surface area contributed by atoms with Crippen molar-refractivity contribution in [1.29, 1.82) is 0 Å². The molecule has 1 aliphatic rings. The van der Waals surface area contributed by atoms with Gasteiger partial charge in [-0.3, -0.25) is 0 Å². The molecule has 0 aromatic carbocycles. The third kappa shape index (κ3) is 2.37. The second-order valence-electron chi connectivity index (χ2n) is 5.22. The van der Waals surface area contributed by atoms with E-state index in [1.54, 1.807) is 0 Å². The minimum absolute atomic E-state index is 0.455. The summed E-state index contributed by atoms with van der Waals surface area (Å²) in [6.45, 7) is 3.75. The third-order valence-electron chi connectivity index (χ3n) is 3.84. The van der Waals surface area contributed by atoms with Crippen molar-refractivity contribution in [2.45, 2.75) is 45.4 Å². The van der Waals surface area contributed by atoms with Crippen LogP contribution >= 0.6 is 27.5 Å². The van der Waals surface area contributed by atoms with Crippen molar-refractivity contribution < 1.29 is 4.52 Å². The average molecular weight is 357 g/mol. The number of nitrogens with zero attached hydrogens (tertiary/aromatic N) is 3. The Morgan fingerprint density at radius 2 is 1.90 bits per heavy atom. The molecule has 0 radical (unpaired) electrons. The lowest BCUT2D eigenvalue weighted by Gasteiger charge is -2.13. The Kier molecular flexibility index (Phi) is 3.82. The fraction of sp³-hybridized carbons (Fsp3) is 0.500. The highest BCUT2D eigenvalue weighted by molar-refractivity contribution is 9.10. The molecule has 2 heterocycles. The van der Waals surface area contributed by atoms with Crippen LogP contribution in [0.5, 0.6) is 0 Å². The largest absolute Gasteiger partial charge is 0.361 e. The fourth-order valence-electron chi connectivity index (χ4n) is 2.82. The van der Waals surface area contributed by atoms with E-state index in [1.165, 1.54) is 12.8 Å². The Hall–Kier alpha value is -0.940. The van der Waals surface area contributed by atoms with E-state index in [0.717, 1.165) is 40.0 Å². The minimum atomic E-state index is 0.455. The molecule has 0 unspecified atom stereocenters. The monoisotopic (exact) mass is 355 g/mol. The summed E-state index contributed by atoms with van der Waals surface area (Å²) in [5.41, 5.74) is 2.65. The molecule has 4 nitrogen and oxygen atoms in total. The van der Waals surface area contributed by atoms with E-state index in [-0.39, 0.29) is 0 Å². The Labute approximate surface area is 131 Å². The molecule has 0 saturated heterocycles. The molecule has 0 N–H and O–H groups in total. The van der Waals surface area contributed by atoms with Crippen LogP contribution in [0.1, 0.15) is 48.7 Å². The van der Waals surface area contributed by atoms with Gasteiger partial charge in [0.25, 0.3) is 0 Å². The van der Waals surface area contributed by atoms with E-state index in [1.807, 2.05) is 13.8 Å². The van der Waals surface area contributed by atoms with Crippen molar-refractivity contribution in [2.75, 3.05) is 0 Å². The van der Waals surface area contributed by atoms with Gasteiger partial charge < -0.3 is 4.52 Å². The zero-order valence-corrected chi connectivity index (χ0v) is 13.8. The Bertz CT molecular complexity index is 631. The van der Waals surface area contributed by atoms with Crippen molar-refractivity contribution in [3.8, 4) is 11.4 Å². The maximum Gasteiger partial charge on any atom is 0.166 e. The molecule has 106 valence electrons. The van der Waals surface area contributed by atoms with Gasteiger partial charge in [0.05, 0.1) is 21.4 Å². The number of aromatic nitrogens is 3. The summed E-state index contributed by atoms with van der Waals surface area (Å²) < 4.78 is 6.02. The molecule has 2 aromatic heterocycles. The number of rotatable bonds is 2. The molecule has 2 aromatic rings. The lowest BCUT2D eigenvalue weighted by molar-refractivity contribution is 0.393. The Morgan fingerprint density at radius 1 is 1.20 bits per heavy atom. The summed E-state index contributed by atoms with van der Waals surface area (Å²) in [6.07, 6.45) is 4.82. The van der Waals surface area contributed by atoms with Gasteiger partial charge in [0.1, 0.15) is 10.9 Å². The SMILES string of the molecule is Cc1noc(C)c1-c1nc(Cl)c(Br)c(C2CCCC2)n1. The summed E-state index contributed by atoms with van der Waals surface area (Å²) in [7, 11) is 0. The van der Waals surface area contributed by atoms with Crippen molar-refractivity contribution >= 4 is 27.5 Å². The second-order valence-corrected chi connectivity index (χ2v) is 6.37. The summed E-state index contributed by atoms with van der Waals surface area (Å²) in [4.78, 5) is 9.11. The molecule has 1 aliphatic carbocycles. The highest BCUT2D eigenvalue weighted by Crippen LogP contribution is 2.40. The van der Waals surface area contributed by atoms with Gasteiger partial charge in [0.15, 0.2) is 5.82 Å². The molecule has 6 heteroatoms. The predicted molar refractivity (Wildman–Crippen MR) is 80.9 cm³/mol. The van der Waals surface area contributed by atoms with Gasteiger partial charge in [-0.1, -0.05) is 29.6 Å². The van der Waals surface area contributed by atoms with Crippen molar-refractivity contribution in [3.63, 3.8) is 0 Å². The molecule has 0 bridgehead atoms. The fourth-order valence-corrected chi connectivity index (χ4v) is 3.50. The summed E-state index contributed by atoms with van der Waals surface area (Å²) in [5.74, 6) is 1.79. The first-order chi connectivity index (χ1) is 9.58.